The molecule has 1 aliphatic heterocycles. The minimum atomic E-state index is 0.366. The molecule has 0 aliphatic carbocycles. The lowest BCUT2D eigenvalue weighted by Crippen LogP contribution is -2.41. The summed E-state index contributed by atoms with van der Waals surface area (Å²) in [6.45, 7) is 6.76. The number of thioether (sulfide) groups is 1. The molecule has 0 saturated carbocycles. The molecule has 0 spiro atoms. The summed E-state index contributed by atoms with van der Waals surface area (Å²) in [5.74, 6) is 2.46. The average Bonchev–Trinajstić information content (AvgIpc) is 2.24. The maximum atomic E-state index is 4.43. The van der Waals surface area contributed by atoms with Crippen LogP contribution in [0.1, 0.15) is 26.0 Å². The molecular weight excluding hydrogens is 296 g/mol. The third kappa shape index (κ3) is 3.16. The van der Waals surface area contributed by atoms with Crippen molar-refractivity contribution in [2.75, 3.05) is 16.8 Å². The Labute approximate surface area is 116 Å². The zero-order chi connectivity index (χ0) is 12.5. The summed E-state index contributed by atoms with van der Waals surface area (Å²) < 4.78 is 0.901. The highest BCUT2D eigenvalue weighted by Gasteiger charge is 2.32. The van der Waals surface area contributed by atoms with Crippen LogP contribution in [0, 0.1) is 12.3 Å². The summed E-state index contributed by atoms with van der Waals surface area (Å²) in [6.07, 6.45) is 1.28. The normalized spacial score (nSPS) is 23.4. The van der Waals surface area contributed by atoms with Crippen molar-refractivity contribution in [3.8, 4) is 0 Å². The van der Waals surface area contributed by atoms with Crippen molar-refractivity contribution in [3.63, 3.8) is 0 Å². The zero-order valence-corrected chi connectivity index (χ0v) is 13.0. The topological polar surface area (TPSA) is 24.9 Å². The number of pyridine rings is 1. The standard InChI is InChI=1S/C13H19BrN2S/c1-9-10(4-5-12(14)15-9)16-11-8-17-7-6-13(11,2)3/h4-5,11,16H,6-8H2,1-3H3. The van der Waals surface area contributed by atoms with E-state index in [9.17, 15) is 0 Å². The lowest BCUT2D eigenvalue weighted by atomic mass is 9.82. The van der Waals surface area contributed by atoms with Gasteiger partial charge in [-0.2, -0.15) is 11.8 Å². The van der Waals surface area contributed by atoms with Crippen molar-refractivity contribution < 1.29 is 0 Å². The lowest BCUT2D eigenvalue weighted by Gasteiger charge is -2.39. The first kappa shape index (κ1) is 13.2. The summed E-state index contributed by atoms with van der Waals surface area (Å²) in [5.41, 5.74) is 2.59. The fourth-order valence-electron chi connectivity index (χ4n) is 2.04. The van der Waals surface area contributed by atoms with Crippen molar-refractivity contribution in [2.45, 2.75) is 33.2 Å². The molecule has 0 radical (unpaired) electrons. The Hall–Kier alpha value is -0.220. The van der Waals surface area contributed by atoms with Gasteiger partial charge < -0.3 is 5.32 Å². The highest BCUT2D eigenvalue weighted by atomic mass is 79.9. The second-order valence-corrected chi connectivity index (χ2v) is 7.24. The van der Waals surface area contributed by atoms with Gasteiger partial charge in [-0.1, -0.05) is 13.8 Å². The molecule has 4 heteroatoms. The first-order valence-corrected chi connectivity index (χ1v) is 7.91. The van der Waals surface area contributed by atoms with E-state index in [0.717, 1.165) is 16.0 Å². The van der Waals surface area contributed by atoms with Crippen LogP contribution in [0.4, 0.5) is 5.69 Å². The van der Waals surface area contributed by atoms with Gasteiger partial charge in [0.1, 0.15) is 4.60 Å². The van der Waals surface area contributed by atoms with E-state index in [1.165, 1.54) is 17.9 Å². The number of hydrogen-bond acceptors (Lipinski definition) is 3. The molecule has 1 aliphatic rings. The first-order chi connectivity index (χ1) is 7.99. The second kappa shape index (κ2) is 5.19. The molecule has 0 bridgehead atoms. The van der Waals surface area contributed by atoms with Crippen molar-refractivity contribution in [3.05, 3.63) is 22.4 Å². The molecule has 0 amide bonds. The van der Waals surface area contributed by atoms with Crippen molar-refractivity contribution >= 4 is 33.4 Å². The summed E-state index contributed by atoms with van der Waals surface area (Å²) in [4.78, 5) is 4.43. The van der Waals surface area contributed by atoms with Gasteiger partial charge in [-0.15, -0.1) is 0 Å². The van der Waals surface area contributed by atoms with Crippen LogP contribution in [0.15, 0.2) is 16.7 Å². The first-order valence-electron chi connectivity index (χ1n) is 5.96. The fraction of sp³-hybridized carbons (Fsp3) is 0.615. The monoisotopic (exact) mass is 314 g/mol. The average molecular weight is 315 g/mol. The van der Waals surface area contributed by atoms with Gasteiger partial charge in [0.2, 0.25) is 0 Å². The van der Waals surface area contributed by atoms with E-state index < -0.39 is 0 Å². The molecule has 1 aromatic rings. The minimum Gasteiger partial charge on any atom is -0.379 e. The van der Waals surface area contributed by atoms with E-state index in [4.69, 9.17) is 0 Å². The Morgan fingerprint density at radius 3 is 2.88 bits per heavy atom. The number of anilines is 1. The molecule has 1 aromatic heterocycles. The Morgan fingerprint density at radius 1 is 1.47 bits per heavy atom. The molecule has 1 unspecified atom stereocenters. The number of aromatic nitrogens is 1. The number of nitrogens with one attached hydrogen (secondary N) is 1. The van der Waals surface area contributed by atoms with Crippen molar-refractivity contribution in [1.29, 1.82) is 0 Å². The van der Waals surface area contributed by atoms with Crippen LogP contribution in [0.3, 0.4) is 0 Å². The minimum absolute atomic E-state index is 0.366. The molecule has 1 saturated heterocycles. The third-order valence-electron chi connectivity index (χ3n) is 3.50. The predicted molar refractivity (Wildman–Crippen MR) is 79.8 cm³/mol. The molecule has 0 aromatic carbocycles. The smallest absolute Gasteiger partial charge is 0.106 e. The molecule has 2 nitrogen and oxygen atoms in total. The second-order valence-electron chi connectivity index (χ2n) is 5.28. The highest BCUT2D eigenvalue weighted by molar-refractivity contribution is 9.10. The number of halogens is 1. The molecule has 1 atom stereocenters. The lowest BCUT2D eigenvalue weighted by molar-refractivity contribution is 0.305. The van der Waals surface area contributed by atoms with Gasteiger partial charge in [-0.25, -0.2) is 4.98 Å². The van der Waals surface area contributed by atoms with Crippen molar-refractivity contribution in [2.24, 2.45) is 5.41 Å². The molecule has 1 fully saturated rings. The van der Waals surface area contributed by atoms with Crippen LogP contribution in [0.5, 0.6) is 0 Å². The number of rotatable bonds is 2. The van der Waals surface area contributed by atoms with Gasteiger partial charge in [0.05, 0.1) is 11.4 Å². The molecule has 17 heavy (non-hydrogen) atoms. The Morgan fingerprint density at radius 2 is 2.24 bits per heavy atom. The fourth-order valence-corrected chi connectivity index (χ4v) is 4.05. The van der Waals surface area contributed by atoms with Crippen LogP contribution >= 0.6 is 27.7 Å². The summed E-state index contributed by atoms with van der Waals surface area (Å²) in [7, 11) is 0. The largest absolute Gasteiger partial charge is 0.379 e. The Balaban J connectivity index is 2.14. The third-order valence-corrected chi connectivity index (χ3v) is 5.00. The highest BCUT2D eigenvalue weighted by Crippen LogP contribution is 2.36. The maximum absolute atomic E-state index is 4.43. The quantitative estimate of drug-likeness (QED) is 0.832. The van der Waals surface area contributed by atoms with Gasteiger partial charge in [-0.05, 0) is 52.6 Å². The zero-order valence-electron chi connectivity index (χ0n) is 10.6. The van der Waals surface area contributed by atoms with Gasteiger partial charge in [0.25, 0.3) is 0 Å². The van der Waals surface area contributed by atoms with E-state index >= 15 is 0 Å². The van der Waals surface area contributed by atoms with Crippen LogP contribution in [-0.2, 0) is 0 Å². The maximum Gasteiger partial charge on any atom is 0.106 e. The van der Waals surface area contributed by atoms with Gasteiger partial charge >= 0.3 is 0 Å². The predicted octanol–water partition coefficient (Wildman–Crippen LogP) is 4.10. The Kier molecular flexibility index (Phi) is 4.03. The molecule has 2 heterocycles. The van der Waals surface area contributed by atoms with Crippen LogP contribution in [0.2, 0.25) is 0 Å². The molecular formula is C13H19BrN2S. The number of hydrogen-bond donors (Lipinski definition) is 1. The number of aryl methyl sites for hydroxylation is 1. The van der Waals surface area contributed by atoms with Crippen LogP contribution < -0.4 is 5.32 Å². The van der Waals surface area contributed by atoms with E-state index in [1.54, 1.807) is 0 Å². The van der Waals surface area contributed by atoms with E-state index in [0.29, 0.717) is 11.5 Å². The van der Waals surface area contributed by atoms with Crippen LogP contribution in [-0.4, -0.2) is 22.5 Å². The van der Waals surface area contributed by atoms with E-state index in [1.807, 2.05) is 17.8 Å². The number of nitrogens with zero attached hydrogens (tertiary/aromatic N) is 1. The SMILES string of the molecule is Cc1nc(Br)ccc1NC1CSCCC1(C)C. The Bertz CT molecular complexity index is 406. The van der Waals surface area contributed by atoms with E-state index in [-0.39, 0.29) is 0 Å². The summed E-state index contributed by atoms with van der Waals surface area (Å²) in [5, 5.41) is 3.66. The molecule has 1 N–H and O–H groups in total. The van der Waals surface area contributed by atoms with E-state index in [2.05, 4.69) is 53.1 Å². The van der Waals surface area contributed by atoms with Crippen LogP contribution in [0.25, 0.3) is 0 Å². The van der Waals surface area contributed by atoms with Gasteiger partial charge in [0.15, 0.2) is 0 Å². The van der Waals surface area contributed by atoms with Gasteiger partial charge in [0, 0.05) is 11.8 Å². The molecule has 94 valence electrons. The molecule has 2 rings (SSSR count). The summed E-state index contributed by atoms with van der Waals surface area (Å²) in [6, 6.07) is 4.64. The van der Waals surface area contributed by atoms with Crippen molar-refractivity contribution in [1.82, 2.24) is 4.98 Å². The summed E-state index contributed by atoms with van der Waals surface area (Å²) >= 11 is 5.44. The van der Waals surface area contributed by atoms with Gasteiger partial charge in [-0.3, -0.25) is 0 Å².